The highest BCUT2D eigenvalue weighted by atomic mass is 16.5. The lowest BCUT2D eigenvalue weighted by Gasteiger charge is -2.18. The number of carboxylic acids is 1. The summed E-state index contributed by atoms with van der Waals surface area (Å²) in [4.78, 5) is 16.8. The molecule has 0 bridgehead atoms. The topological polar surface area (TPSA) is 82.9 Å². The fourth-order valence-electron chi connectivity index (χ4n) is 2.87. The van der Waals surface area contributed by atoms with Crippen molar-refractivity contribution in [2.24, 2.45) is 0 Å². The standard InChI is InChI=1S/C10H14N2.C10H10O4/c1-12-7-3-5-10(12)9-4-2-6-11-8-9;1-14-9-6-7(2-4-8(9)11)3-5-10(12)13/h2,4,6,8,10H,3,5,7H2,1H3;2-6,11H,1H3,(H,12,13)/b;5-3+. The zero-order chi connectivity index (χ0) is 18.9. The van der Waals surface area contributed by atoms with Crippen LogP contribution in [0.3, 0.4) is 0 Å². The van der Waals surface area contributed by atoms with E-state index in [4.69, 9.17) is 9.84 Å². The number of carboxylic acid groups (broad SMARTS) is 1. The van der Waals surface area contributed by atoms with Crippen molar-refractivity contribution >= 4 is 12.0 Å². The van der Waals surface area contributed by atoms with Crippen molar-refractivity contribution < 1.29 is 19.7 Å². The van der Waals surface area contributed by atoms with Crippen LogP contribution in [0.1, 0.15) is 30.0 Å². The third kappa shape index (κ3) is 5.60. The van der Waals surface area contributed by atoms with Crippen LogP contribution in [0.25, 0.3) is 6.08 Å². The summed E-state index contributed by atoms with van der Waals surface area (Å²) in [5.74, 6) is -0.672. The Morgan fingerprint density at radius 1 is 1.38 bits per heavy atom. The molecule has 0 amide bonds. The summed E-state index contributed by atoms with van der Waals surface area (Å²) in [6.45, 7) is 1.22. The van der Waals surface area contributed by atoms with Gasteiger partial charge in [0.05, 0.1) is 7.11 Å². The maximum atomic E-state index is 10.2. The number of methoxy groups -OCH3 is 1. The number of nitrogens with zero attached hydrogens (tertiary/aromatic N) is 2. The van der Waals surface area contributed by atoms with Crippen LogP contribution in [0.5, 0.6) is 11.5 Å². The number of ether oxygens (including phenoxy) is 1. The van der Waals surface area contributed by atoms with Crippen molar-refractivity contribution in [2.75, 3.05) is 20.7 Å². The Bertz CT molecular complexity index is 747. The lowest BCUT2D eigenvalue weighted by Crippen LogP contribution is -2.17. The highest BCUT2D eigenvalue weighted by Gasteiger charge is 2.21. The van der Waals surface area contributed by atoms with Gasteiger partial charge < -0.3 is 14.9 Å². The molecule has 6 nitrogen and oxygen atoms in total. The number of phenols is 1. The summed E-state index contributed by atoms with van der Waals surface area (Å²) in [5, 5.41) is 17.6. The molecule has 1 atom stereocenters. The smallest absolute Gasteiger partial charge is 0.328 e. The van der Waals surface area contributed by atoms with Gasteiger partial charge in [-0.2, -0.15) is 0 Å². The Labute approximate surface area is 153 Å². The van der Waals surface area contributed by atoms with Crippen molar-refractivity contribution in [3.63, 3.8) is 0 Å². The average molecular weight is 356 g/mol. The van der Waals surface area contributed by atoms with E-state index in [9.17, 15) is 9.90 Å². The molecule has 1 fully saturated rings. The van der Waals surface area contributed by atoms with Gasteiger partial charge >= 0.3 is 5.97 Å². The van der Waals surface area contributed by atoms with Crippen LogP contribution in [0.2, 0.25) is 0 Å². The van der Waals surface area contributed by atoms with Gasteiger partial charge in [0.1, 0.15) is 0 Å². The van der Waals surface area contributed by atoms with Crippen molar-refractivity contribution in [3.05, 3.63) is 59.9 Å². The zero-order valence-corrected chi connectivity index (χ0v) is 15.0. The van der Waals surface area contributed by atoms with Crippen LogP contribution in [0.4, 0.5) is 0 Å². The second-order valence-corrected chi connectivity index (χ2v) is 6.03. The van der Waals surface area contributed by atoms with Crippen LogP contribution in [0, 0.1) is 0 Å². The molecule has 0 aliphatic carbocycles. The predicted octanol–water partition coefficient (Wildman–Crippen LogP) is 3.35. The van der Waals surface area contributed by atoms with Crippen molar-refractivity contribution in [1.29, 1.82) is 0 Å². The number of hydrogen-bond acceptors (Lipinski definition) is 5. The number of hydrogen-bond donors (Lipinski definition) is 2. The lowest BCUT2D eigenvalue weighted by atomic mass is 10.1. The lowest BCUT2D eigenvalue weighted by molar-refractivity contribution is -0.131. The largest absolute Gasteiger partial charge is 0.504 e. The number of phenolic OH excluding ortho intramolecular Hbond substituents is 1. The third-order valence-electron chi connectivity index (χ3n) is 4.21. The number of likely N-dealkylation sites (tertiary alicyclic amines) is 1. The summed E-state index contributed by atoms with van der Waals surface area (Å²) in [6.07, 6.45) is 8.85. The van der Waals surface area contributed by atoms with E-state index in [0.717, 1.165) is 6.08 Å². The van der Waals surface area contributed by atoms with E-state index in [-0.39, 0.29) is 5.75 Å². The normalized spacial score (nSPS) is 16.9. The molecule has 2 N–H and O–H groups in total. The van der Waals surface area contributed by atoms with Crippen molar-refractivity contribution in [1.82, 2.24) is 9.88 Å². The molecule has 0 radical (unpaired) electrons. The molecular weight excluding hydrogens is 332 g/mol. The van der Waals surface area contributed by atoms with E-state index >= 15 is 0 Å². The first-order chi connectivity index (χ1) is 12.5. The first kappa shape index (κ1) is 19.5. The highest BCUT2D eigenvalue weighted by Crippen LogP contribution is 2.29. The Morgan fingerprint density at radius 2 is 2.19 bits per heavy atom. The van der Waals surface area contributed by atoms with E-state index in [1.165, 1.54) is 44.2 Å². The Balaban J connectivity index is 0.000000189. The molecular formula is C20H24N2O4. The SMILES string of the molecule is CN1CCCC1c1cccnc1.COc1cc(/C=C/C(=O)O)ccc1O. The molecule has 3 rings (SSSR count). The minimum atomic E-state index is -1.02. The number of benzene rings is 1. The van der Waals surface area contributed by atoms with E-state index in [2.05, 4.69) is 23.0 Å². The minimum Gasteiger partial charge on any atom is -0.504 e. The van der Waals surface area contributed by atoms with Gasteiger partial charge in [-0.15, -0.1) is 0 Å². The monoisotopic (exact) mass is 356 g/mol. The molecule has 138 valence electrons. The van der Waals surface area contributed by atoms with Gasteiger partial charge in [0.2, 0.25) is 0 Å². The van der Waals surface area contributed by atoms with Crippen molar-refractivity contribution in [3.8, 4) is 11.5 Å². The first-order valence-electron chi connectivity index (χ1n) is 8.39. The van der Waals surface area contributed by atoms with Crippen LogP contribution in [-0.4, -0.2) is 46.8 Å². The maximum absolute atomic E-state index is 10.2. The Kier molecular flexibility index (Phi) is 7.17. The number of aromatic hydroxyl groups is 1. The number of aliphatic carboxylic acids is 1. The summed E-state index contributed by atoms with van der Waals surface area (Å²) < 4.78 is 4.86. The van der Waals surface area contributed by atoms with Gasteiger partial charge in [-0.25, -0.2) is 4.79 Å². The van der Waals surface area contributed by atoms with Gasteiger partial charge in [0.15, 0.2) is 11.5 Å². The zero-order valence-electron chi connectivity index (χ0n) is 15.0. The average Bonchev–Trinajstić information content (AvgIpc) is 3.08. The van der Waals surface area contributed by atoms with Gasteiger partial charge in [0.25, 0.3) is 0 Å². The van der Waals surface area contributed by atoms with Crippen LogP contribution in [-0.2, 0) is 4.79 Å². The van der Waals surface area contributed by atoms with Crippen LogP contribution >= 0.6 is 0 Å². The van der Waals surface area contributed by atoms with E-state index in [1.807, 2.05) is 18.5 Å². The highest BCUT2D eigenvalue weighted by molar-refractivity contribution is 5.85. The van der Waals surface area contributed by atoms with Gasteiger partial charge in [-0.3, -0.25) is 9.88 Å². The number of aromatic nitrogens is 1. The molecule has 1 aliphatic rings. The van der Waals surface area contributed by atoms with Crippen LogP contribution < -0.4 is 4.74 Å². The molecule has 0 saturated carbocycles. The number of carbonyl (C=O) groups is 1. The second kappa shape index (κ2) is 9.58. The molecule has 0 spiro atoms. The minimum absolute atomic E-state index is 0.0278. The summed E-state index contributed by atoms with van der Waals surface area (Å²) >= 11 is 0. The Hall–Kier alpha value is -2.86. The maximum Gasteiger partial charge on any atom is 0.328 e. The molecule has 2 heterocycles. The molecule has 1 unspecified atom stereocenters. The Morgan fingerprint density at radius 3 is 2.77 bits per heavy atom. The molecule has 26 heavy (non-hydrogen) atoms. The molecule has 1 aliphatic heterocycles. The molecule has 6 heteroatoms. The third-order valence-corrected chi connectivity index (χ3v) is 4.21. The van der Waals surface area contributed by atoms with Gasteiger partial charge in [-0.05, 0) is 61.8 Å². The molecule has 1 aromatic carbocycles. The van der Waals surface area contributed by atoms with Crippen molar-refractivity contribution in [2.45, 2.75) is 18.9 Å². The van der Waals surface area contributed by atoms with Gasteiger partial charge in [0, 0.05) is 24.5 Å². The molecule has 1 saturated heterocycles. The summed E-state index contributed by atoms with van der Waals surface area (Å²) in [7, 11) is 3.62. The molecule has 2 aromatic rings. The fraction of sp³-hybridized carbons (Fsp3) is 0.300. The van der Waals surface area contributed by atoms with E-state index < -0.39 is 5.97 Å². The summed E-state index contributed by atoms with van der Waals surface area (Å²) in [6, 6.07) is 9.38. The number of pyridine rings is 1. The quantitative estimate of drug-likeness (QED) is 0.818. The molecule has 1 aromatic heterocycles. The van der Waals surface area contributed by atoms with Crippen LogP contribution in [0.15, 0.2) is 48.8 Å². The van der Waals surface area contributed by atoms with Gasteiger partial charge in [-0.1, -0.05) is 12.1 Å². The predicted molar refractivity (Wildman–Crippen MR) is 100 cm³/mol. The first-order valence-corrected chi connectivity index (χ1v) is 8.39. The second-order valence-electron chi connectivity index (χ2n) is 6.03. The van der Waals surface area contributed by atoms with E-state index in [0.29, 0.717) is 17.4 Å². The van der Waals surface area contributed by atoms with E-state index in [1.54, 1.807) is 12.1 Å². The number of rotatable bonds is 4. The fourth-order valence-corrected chi connectivity index (χ4v) is 2.87. The summed E-state index contributed by atoms with van der Waals surface area (Å²) in [5.41, 5.74) is 2.01.